The SMILES string of the molecule is N#CCc1ccc(-c2cccc(OC(F)(F)F)c2)nc1. The van der Waals surface area contributed by atoms with Crippen molar-refractivity contribution in [2.75, 3.05) is 0 Å². The van der Waals surface area contributed by atoms with E-state index in [0.29, 0.717) is 11.3 Å². The van der Waals surface area contributed by atoms with Gasteiger partial charge in [0.25, 0.3) is 0 Å². The molecule has 0 N–H and O–H groups in total. The molecule has 2 rings (SSSR count). The highest BCUT2D eigenvalue weighted by Crippen LogP contribution is 2.27. The van der Waals surface area contributed by atoms with Gasteiger partial charge in [0.15, 0.2) is 0 Å². The van der Waals surface area contributed by atoms with Crippen molar-refractivity contribution in [3.63, 3.8) is 0 Å². The monoisotopic (exact) mass is 278 g/mol. The number of rotatable bonds is 3. The van der Waals surface area contributed by atoms with Crippen LogP contribution in [0.2, 0.25) is 0 Å². The summed E-state index contributed by atoms with van der Waals surface area (Å²) in [5.41, 5.74) is 1.77. The van der Waals surface area contributed by atoms with Crippen molar-refractivity contribution in [2.45, 2.75) is 12.8 Å². The molecule has 0 atom stereocenters. The molecule has 102 valence electrons. The average molecular weight is 278 g/mol. The van der Waals surface area contributed by atoms with Gasteiger partial charge >= 0.3 is 6.36 Å². The number of ether oxygens (including phenoxy) is 1. The quantitative estimate of drug-likeness (QED) is 0.859. The van der Waals surface area contributed by atoms with Crippen molar-refractivity contribution in [1.29, 1.82) is 5.26 Å². The van der Waals surface area contributed by atoms with Gasteiger partial charge in [-0.05, 0) is 23.8 Å². The topological polar surface area (TPSA) is 45.9 Å². The van der Waals surface area contributed by atoms with E-state index >= 15 is 0 Å². The fraction of sp³-hybridized carbons (Fsp3) is 0.143. The smallest absolute Gasteiger partial charge is 0.406 e. The molecule has 2 aromatic rings. The molecule has 0 fully saturated rings. The lowest BCUT2D eigenvalue weighted by Crippen LogP contribution is -2.17. The zero-order valence-electron chi connectivity index (χ0n) is 10.2. The van der Waals surface area contributed by atoms with Crippen LogP contribution in [0.5, 0.6) is 5.75 Å². The summed E-state index contributed by atoms with van der Waals surface area (Å²) >= 11 is 0. The number of aromatic nitrogens is 1. The van der Waals surface area contributed by atoms with Crippen LogP contribution >= 0.6 is 0 Å². The molecule has 0 saturated heterocycles. The van der Waals surface area contributed by atoms with Crippen LogP contribution in [0.1, 0.15) is 5.56 Å². The van der Waals surface area contributed by atoms with Crippen molar-refractivity contribution in [3.8, 4) is 23.1 Å². The summed E-state index contributed by atoms with van der Waals surface area (Å²) in [7, 11) is 0. The molecule has 0 radical (unpaired) electrons. The summed E-state index contributed by atoms with van der Waals surface area (Å²) in [5, 5.41) is 8.55. The summed E-state index contributed by atoms with van der Waals surface area (Å²) < 4.78 is 40.3. The molecular formula is C14H9F3N2O. The Labute approximate surface area is 113 Å². The van der Waals surface area contributed by atoms with Crippen LogP contribution in [0, 0.1) is 11.3 Å². The number of pyridine rings is 1. The number of hydrogen-bond donors (Lipinski definition) is 0. The maximum absolute atomic E-state index is 12.1. The highest BCUT2D eigenvalue weighted by Gasteiger charge is 2.31. The van der Waals surface area contributed by atoms with Crippen molar-refractivity contribution in [3.05, 3.63) is 48.2 Å². The number of nitriles is 1. The van der Waals surface area contributed by atoms with E-state index in [1.807, 2.05) is 6.07 Å². The molecule has 0 spiro atoms. The Morgan fingerprint density at radius 2 is 2.00 bits per heavy atom. The second kappa shape index (κ2) is 5.61. The van der Waals surface area contributed by atoms with Crippen molar-refractivity contribution >= 4 is 0 Å². The highest BCUT2D eigenvalue weighted by atomic mass is 19.4. The first-order chi connectivity index (χ1) is 9.48. The molecule has 0 amide bonds. The Morgan fingerprint density at radius 1 is 1.20 bits per heavy atom. The summed E-state index contributed by atoms with van der Waals surface area (Å²) in [6.45, 7) is 0. The summed E-state index contributed by atoms with van der Waals surface area (Å²) in [6.07, 6.45) is -2.96. The summed E-state index contributed by atoms with van der Waals surface area (Å²) in [5.74, 6) is -0.294. The molecule has 1 heterocycles. The van der Waals surface area contributed by atoms with E-state index in [1.165, 1.54) is 24.4 Å². The molecule has 3 nitrogen and oxygen atoms in total. The Kier molecular flexibility index (Phi) is 3.89. The van der Waals surface area contributed by atoms with Crippen LogP contribution in [0.25, 0.3) is 11.3 Å². The third kappa shape index (κ3) is 3.72. The molecule has 6 heteroatoms. The zero-order chi connectivity index (χ0) is 14.6. The molecule has 0 bridgehead atoms. The van der Waals surface area contributed by atoms with Gasteiger partial charge in [-0.1, -0.05) is 18.2 Å². The van der Waals surface area contributed by atoms with Gasteiger partial charge in [-0.3, -0.25) is 4.98 Å². The van der Waals surface area contributed by atoms with Crippen LogP contribution in [-0.2, 0) is 6.42 Å². The first kappa shape index (κ1) is 13.9. The first-order valence-electron chi connectivity index (χ1n) is 5.66. The number of alkyl halides is 3. The van der Waals surface area contributed by atoms with Gasteiger partial charge in [-0.25, -0.2) is 0 Å². The molecule has 0 unspecified atom stereocenters. The van der Waals surface area contributed by atoms with Gasteiger partial charge in [-0.15, -0.1) is 13.2 Å². The lowest BCUT2D eigenvalue weighted by atomic mass is 10.1. The minimum Gasteiger partial charge on any atom is -0.406 e. The Hall–Kier alpha value is -2.55. The number of halogens is 3. The lowest BCUT2D eigenvalue weighted by Gasteiger charge is -2.10. The van der Waals surface area contributed by atoms with E-state index in [4.69, 9.17) is 5.26 Å². The number of hydrogen-bond acceptors (Lipinski definition) is 3. The Morgan fingerprint density at radius 3 is 2.60 bits per heavy atom. The average Bonchev–Trinajstić information content (AvgIpc) is 2.38. The van der Waals surface area contributed by atoms with E-state index in [-0.39, 0.29) is 12.2 Å². The highest BCUT2D eigenvalue weighted by molar-refractivity contribution is 5.61. The molecular weight excluding hydrogens is 269 g/mol. The van der Waals surface area contributed by atoms with Gasteiger partial charge in [0, 0.05) is 11.8 Å². The number of benzene rings is 1. The van der Waals surface area contributed by atoms with Crippen LogP contribution in [0.3, 0.4) is 0 Å². The van der Waals surface area contributed by atoms with Crippen LogP contribution in [0.4, 0.5) is 13.2 Å². The third-order valence-corrected chi connectivity index (χ3v) is 2.47. The van der Waals surface area contributed by atoms with Gasteiger partial charge in [0.05, 0.1) is 18.2 Å². The zero-order valence-corrected chi connectivity index (χ0v) is 10.2. The Balaban J connectivity index is 2.24. The second-order valence-corrected chi connectivity index (χ2v) is 3.96. The minimum atomic E-state index is -4.72. The van der Waals surface area contributed by atoms with E-state index in [0.717, 1.165) is 5.56 Å². The largest absolute Gasteiger partial charge is 0.573 e. The summed E-state index contributed by atoms with van der Waals surface area (Å²) in [4.78, 5) is 4.12. The second-order valence-electron chi connectivity index (χ2n) is 3.96. The lowest BCUT2D eigenvalue weighted by molar-refractivity contribution is -0.274. The minimum absolute atomic E-state index is 0.241. The fourth-order valence-electron chi connectivity index (χ4n) is 1.64. The standard InChI is InChI=1S/C14H9F3N2O/c15-14(16,17)20-12-3-1-2-11(8-12)13-5-4-10(6-7-18)9-19-13/h1-5,8-9H,6H2. The van der Waals surface area contributed by atoms with E-state index in [2.05, 4.69) is 9.72 Å². The molecule has 0 saturated carbocycles. The van der Waals surface area contributed by atoms with Crippen molar-refractivity contribution in [1.82, 2.24) is 4.98 Å². The van der Waals surface area contributed by atoms with Crippen LogP contribution in [-0.4, -0.2) is 11.3 Å². The van der Waals surface area contributed by atoms with Gasteiger partial charge in [0.2, 0.25) is 0 Å². The molecule has 20 heavy (non-hydrogen) atoms. The molecule has 1 aromatic heterocycles. The van der Waals surface area contributed by atoms with E-state index < -0.39 is 6.36 Å². The van der Waals surface area contributed by atoms with Crippen LogP contribution in [0.15, 0.2) is 42.6 Å². The first-order valence-corrected chi connectivity index (χ1v) is 5.66. The maximum atomic E-state index is 12.1. The van der Waals surface area contributed by atoms with E-state index in [9.17, 15) is 13.2 Å². The predicted octanol–water partition coefficient (Wildman–Crippen LogP) is 3.71. The number of nitrogens with zero attached hydrogens (tertiary/aromatic N) is 2. The van der Waals surface area contributed by atoms with Crippen molar-refractivity contribution < 1.29 is 17.9 Å². The molecule has 1 aromatic carbocycles. The fourth-order valence-corrected chi connectivity index (χ4v) is 1.64. The maximum Gasteiger partial charge on any atom is 0.573 e. The van der Waals surface area contributed by atoms with E-state index in [1.54, 1.807) is 18.2 Å². The van der Waals surface area contributed by atoms with Gasteiger partial charge in [0.1, 0.15) is 5.75 Å². The van der Waals surface area contributed by atoms with Crippen molar-refractivity contribution in [2.24, 2.45) is 0 Å². The normalized spacial score (nSPS) is 10.9. The Bertz CT molecular complexity index is 630. The summed E-state index contributed by atoms with van der Waals surface area (Å²) in [6, 6.07) is 10.9. The third-order valence-electron chi connectivity index (χ3n) is 2.47. The molecule has 0 aliphatic carbocycles. The van der Waals surface area contributed by atoms with Crippen LogP contribution < -0.4 is 4.74 Å². The molecule has 0 aliphatic heterocycles. The predicted molar refractivity (Wildman–Crippen MR) is 65.7 cm³/mol. The van der Waals surface area contributed by atoms with Gasteiger partial charge < -0.3 is 4.74 Å². The molecule has 0 aliphatic rings. The van der Waals surface area contributed by atoms with Gasteiger partial charge in [-0.2, -0.15) is 5.26 Å².